The molecule has 0 fully saturated rings. The number of aromatic amines is 1. The minimum Gasteiger partial charge on any atom is -0.382 e. The van der Waals surface area contributed by atoms with Crippen molar-refractivity contribution in [3.63, 3.8) is 0 Å². The van der Waals surface area contributed by atoms with E-state index in [1.807, 2.05) is 48.7 Å². The number of aryl methyl sites for hydroxylation is 1. The fraction of sp³-hybridized carbons (Fsp3) is 0.308. The third kappa shape index (κ3) is 4.54. The van der Waals surface area contributed by atoms with Crippen LogP contribution in [-0.4, -0.2) is 35.0 Å². The van der Waals surface area contributed by atoms with Crippen molar-refractivity contribution in [1.29, 1.82) is 0 Å². The van der Waals surface area contributed by atoms with E-state index in [0.29, 0.717) is 24.5 Å². The van der Waals surface area contributed by atoms with Gasteiger partial charge in [0.05, 0.1) is 11.6 Å². The van der Waals surface area contributed by atoms with Crippen LogP contribution in [-0.2, 0) is 24.1 Å². The largest absolute Gasteiger partial charge is 0.382 e. The Hall–Kier alpha value is -3.09. The van der Waals surface area contributed by atoms with Gasteiger partial charge < -0.3 is 21.4 Å². The number of hydrogen-bond donors (Lipinski definition) is 4. The number of halogens is 1. The standard InChI is InChI=1S/C26H28ClN5O/c27-17-9-10-20-24(14-17)32-23-8-4-2-6-19(23)25(20)29-11-12-30-26(33)21(28)13-16-15-31-22-7-3-1-5-18(16)22/h1,3,5,7,9-10,14-15,21,31H,2,4,6,8,11-13,28H2,(H,29,32)(H,30,33)/t21-/m0/s1. The van der Waals surface area contributed by atoms with Crippen LogP contribution < -0.4 is 16.4 Å². The predicted octanol–water partition coefficient (Wildman–Crippen LogP) is 4.35. The van der Waals surface area contributed by atoms with Crippen molar-refractivity contribution in [1.82, 2.24) is 15.3 Å². The summed E-state index contributed by atoms with van der Waals surface area (Å²) in [6.07, 6.45) is 6.77. The van der Waals surface area contributed by atoms with Gasteiger partial charge in [-0.1, -0.05) is 29.8 Å². The highest BCUT2D eigenvalue weighted by Gasteiger charge is 2.19. The van der Waals surface area contributed by atoms with Crippen LogP contribution in [0.25, 0.3) is 21.8 Å². The van der Waals surface area contributed by atoms with Crippen molar-refractivity contribution in [2.45, 2.75) is 38.1 Å². The molecule has 2 aromatic heterocycles. The Labute approximate surface area is 197 Å². The molecule has 5 N–H and O–H groups in total. The van der Waals surface area contributed by atoms with Crippen LogP contribution in [0.5, 0.6) is 0 Å². The van der Waals surface area contributed by atoms with Crippen LogP contribution in [0, 0.1) is 0 Å². The number of nitrogens with one attached hydrogen (secondary N) is 3. The van der Waals surface area contributed by atoms with Gasteiger partial charge in [0.1, 0.15) is 0 Å². The van der Waals surface area contributed by atoms with Gasteiger partial charge in [-0.25, -0.2) is 0 Å². The maximum atomic E-state index is 12.6. The summed E-state index contributed by atoms with van der Waals surface area (Å²) in [6.45, 7) is 1.10. The molecule has 0 saturated heterocycles. The molecule has 33 heavy (non-hydrogen) atoms. The quantitative estimate of drug-likeness (QED) is 0.308. The number of benzene rings is 2. The summed E-state index contributed by atoms with van der Waals surface area (Å²) in [5.74, 6) is -0.143. The van der Waals surface area contributed by atoms with Gasteiger partial charge in [-0.15, -0.1) is 0 Å². The van der Waals surface area contributed by atoms with Gasteiger partial charge in [-0.05, 0) is 67.5 Å². The smallest absolute Gasteiger partial charge is 0.237 e. The Morgan fingerprint density at radius 3 is 2.88 bits per heavy atom. The zero-order valence-corrected chi connectivity index (χ0v) is 19.2. The molecule has 1 amide bonds. The van der Waals surface area contributed by atoms with Gasteiger partial charge in [0.15, 0.2) is 0 Å². The molecular weight excluding hydrogens is 434 g/mol. The highest BCUT2D eigenvalue weighted by Crippen LogP contribution is 2.34. The molecule has 0 spiro atoms. The second kappa shape index (κ2) is 9.41. The number of rotatable bonds is 7. The lowest BCUT2D eigenvalue weighted by Crippen LogP contribution is -2.43. The van der Waals surface area contributed by atoms with Crippen molar-refractivity contribution in [2.24, 2.45) is 5.73 Å². The van der Waals surface area contributed by atoms with E-state index >= 15 is 0 Å². The normalized spacial score (nSPS) is 14.2. The monoisotopic (exact) mass is 461 g/mol. The van der Waals surface area contributed by atoms with E-state index in [0.717, 1.165) is 58.0 Å². The van der Waals surface area contributed by atoms with Crippen molar-refractivity contribution < 1.29 is 4.79 Å². The van der Waals surface area contributed by atoms with Crippen LogP contribution in [0.4, 0.5) is 5.69 Å². The number of anilines is 1. The fourth-order valence-electron chi connectivity index (χ4n) is 4.74. The molecule has 0 aliphatic heterocycles. The predicted molar refractivity (Wildman–Crippen MR) is 135 cm³/mol. The van der Waals surface area contributed by atoms with Crippen molar-refractivity contribution in [3.05, 3.63) is 70.5 Å². The molecule has 0 unspecified atom stereocenters. The van der Waals surface area contributed by atoms with E-state index < -0.39 is 6.04 Å². The first kappa shape index (κ1) is 21.7. The highest BCUT2D eigenvalue weighted by molar-refractivity contribution is 6.31. The number of carbonyl (C=O) groups is 1. The van der Waals surface area contributed by atoms with Crippen molar-refractivity contribution in [2.75, 3.05) is 18.4 Å². The van der Waals surface area contributed by atoms with Crippen molar-refractivity contribution >= 4 is 45.0 Å². The minimum atomic E-state index is -0.596. The summed E-state index contributed by atoms with van der Waals surface area (Å²) in [7, 11) is 0. The van der Waals surface area contributed by atoms with Crippen LogP contribution >= 0.6 is 11.6 Å². The molecule has 4 aromatic rings. The molecule has 1 aliphatic rings. The number of amides is 1. The highest BCUT2D eigenvalue weighted by atomic mass is 35.5. The lowest BCUT2D eigenvalue weighted by atomic mass is 9.92. The molecule has 2 heterocycles. The van der Waals surface area contributed by atoms with Crippen LogP contribution in [0.1, 0.15) is 29.7 Å². The molecule has 0 bridgehead atoms. The molecular formula is C26H28ClN5O. The van der Waals surface area contributed by atoms with E-state index in [4.69, 9.17) is 22.3 Å². The first-order chi connectivity index (χ1) is 16.1. The van der Waals surface area contributed by atoms with Crippen LogP contribution in [0.2, 0.25) is 5.02 Å². The van der Waals surface area contributed by atoms with E-state index in [1.54, 1.807) is 0 Å². The van der Waals surface area contributed by atoms with Crippen LogP contribution in [0.15, 0.2) is 48.7 Å². The summed E-state index contributed by atoms with van der Waals surface area (Å²) in [6, 6.07) is 13.3. The SMILES string of the molecule is N[C@@H](Cc1c[nH]c2ccccc12)C(=O)NCCNc1c2c(nc3cc(Cl)ccc13)CCCC2. The summed E-state index contributed by atoms with van der Waals surface area (Å²) >= 11 is 6.21. The third-order valence-electron chi connectivity index (χ3n) is 6.40. The van der Waals surface area contributed by atoms with Gasteiger partial charge >= 0.3 is 0 Å². The zero-order chi connectivity index (χ0) is 22.8. The first-order valence-electron chi connectivity index (χ1n) is 11.5. The average Bonchev–Trinajstić information content (AvgIpc) is 3.23. The number of nitrogens with zero attached hydrogens (tertiary/aromatic N) is 1. The summed E-state index contributed by atoms with van der Waals surface area (Å²) < 4.78 is 0. The van der Waals surface area contributed by atoms with E-state index in [2.05, 4.69) is 15.6 Å². The molecule has 0 radical (unpaired) electrons. The molecule has 0 saturated carbocycles. The Morgan fingerprint density at radius 2 is 1.97 bits per heavy atom. The Kier molecular flexibility index (Phi) is 6.20. The summed E-state index contributed by atoms with van der Waals surface area (Å²) in [5, 5.41) is 9.40. The van der Waals surface area contributed by atoms with E-state index in [-0.39, 0.29) is 5.91 Å². The number of H-pyrrole nitrogens is 1. The second-order valence-electron chi connectivity index (χ2n) is 8.67. The number of carbonyl (C=O) groups excluding carboxylic acids is 1. The molecule has 1 aliphatic carbocycles. The van der Waals surface area contributed by atoms with E-state index in [1.165, 1.54) is 12.0 Å². The molecule has 5 rings (SSSR count). The van der Waals surface area contributed by atoms with Gasteiger partial charge in [-0.2, -0.15) is 0 Å². The summed E-state index contributed by atoms with van der Waals surface area (Å²) in [5.41, 5.74) is 12.8. The van der Waals surface area contributed by atoms with Gasteiger partial charge in [0.2, 0.25) is 5.91 Å². The maximum Gasteiger partial charge on any atom is 0.237 e. The Balaban J connectivity index is 1.22. The second-order valence-corrected chi connectivity index (χ2v) is 9.10. The van der Waals surface area contributed by atoms with Crippen molar-refractivity contribution in [3.8, 4) is 0 Å². The lowest BCUT2D eigenvalue weighted by Gasteiger charge is -2.22. The number of fused-ring (bicyclic) bond motifs is 3. The van der Waals surface area contributed by atoms with Gasteiger partial charge in [0.25, 0.3) is 0 Å². The molecule has 6 nitrogen and oxygen atoms in total. The molecule has 170 valence electrons. The number of nitrogens with two attached hydrogens (primary N) is 1. The Morgan fingerprint density at radius 1 is 1.12 bits per heavy atom. The average molecular weight is 462 g/mol. The number of hydrogen-bond acceptors (Lipinski definition) is 4. The lowest BCUT2D eigenvalue weighted by molar-refractivity contribution is -0.122. The van der Waals surface area contributed by atoms with Gasteiger partial charge in [0, 0.05) is 52.0 Å². The summed E-state index contributed by atoms with van der Waals surface area (Å²) in [4.78, 5) is 20.7. The van der Waals surface area contributed by atoms with Gasteiger partial charge in [-0.3, -0.25) is 9.78 Å². The third-order valence-corrected chi connectivity index (χ3v) is 6.64. The first-order valence-corrected chi connectivity index (χ1v) is 11.9. The molecule has 7 heteroatoms. The maximum absolute atomic E-state index is 12.6. The van der Waals surface area contributed by atoms with Crippen LogP contribution in [0.3, 0.4) is 0 Å². The minimum absolute atomic E-state index is 0.143. The Bertz CT molecular complexity index is 1320. The van der Waals surface area contributed by atoms with E-state index in [9.17, 15) is 4.79 Å². The fourth-order valence-corrected chi connectivity index (χ4v) is 4.90. The number of para-hydroxylation sites is 1. The molecule has 2 aromatic carbocycles. The number of aromatic nitrogens is 2. The topological polar surface area (TPSA) is 95.8 Å². The molecule has 1 atom stereocenters. The number of pyridine rings is 1. The zero-order valence-electron chi connectivity index (χ0n) is 18.5.